The van der Waals surface area contributed by atoms with Crippen LogP contribution in [0, 0.1) is 0 Å². The molecule has 10 heteroatoms. The molecule has 0 bridgehead atoms. The molecule has 1 aliphatic rings. The minimum Gasteiger partial charge on any atom is -0.489 e. The molecular weight excluding hydrogens is 383 g/mol. The van der Waals surface area contributed by atoms with E-state index in [1.54, 1.807) is 13.8 Å². The van der Waals surface area contributed by atoms with Gasteiger partial charge in [-0.1, -0.05) is 0 Å². The molecule has 0 unspecified atom stereocenters. The molecule has 1 aliphatic heterocycles. The summed E-state index contributed by atoms with van der Waals surface area (Å²) in [7, 11) is 2.20. The Morgan fingerprint density at radius 2 is 1.79 bits per heavy atom. The van der Waals surface area contributed by atoms with E-state index >= 15 is 0 Å². The smallest absolute Gasteiger partial charge is 0.416 e. The molecule has 0 fully saturated rings. The van der Waals surface area contributed by atoms with Crippen LogP contribution in [0.2, 0.25) is 0 Å². The third kappa shape index (κ3) is 4.56. The van der Waals surface area contributed by atoms with Gasteiger partial charge in [0.1, 0.15) is 18.2 Å². The van der Waals surface area contributed by atoms with Crippen LogP contribution in [-0.2, 0) is 30.0 Å². The third-order valence-corrected chi connectivity index (χ3v) is 3.77. The van der Waals surface area contributed by atoms with Crippen LogP contribution in [0.5, 0.6) is 5.75 Å². The van der Waals surface area contributed by atoms with E-state index in [-0.39, 0.29) is 42.1 Å². The second-order valence-electron chi connectivity index (χ2n) is 6.06. The number of esters is 2. The van der Waals surface area contributed by atoms with Crippen molar-refractivity contribution in [2.24, 2.45) is 0 Å². The second kappa shape index (κ2) is 8.51. The van der Waals surface area contributed by atoms with Gasteiger partial charge < -0.3 is 23.8 Å². The van der Waals surface area contributed by atoms with Crippen LogP contribution in [0.3, 0.4) is 0 Å². The lowest BCUT2D eigenvalue weighted by Gasteiger charge is -2.33. The molecule has 0 saturated carbocycles. The molecule has 0 saturated heterocycles. The molecule has 1 aromatic carbocycles. The van der Waals surface area contributed by atoms with E-state index in [4.69, 9.17) is 14.2 Å². The maximum absolute atomic E-state index is 13.2. The summed E-state index contributed by atoms with van der Waals surface area (Å²) < 4.78 is 60.0. The van der Waals surface area contributed by atoms with E-state index < -0.39 is 23.7 Å². The van der Waals surface area contributed by atoms with Gasteiger partial charge in [0.05, 0.1) is 43.8 Å². The summed E-state index contributed by atoms with van der Waals surface area (Å²) in [4.78, 5) is 25.5. The van der Waals surface area contributed by atoms with Crippen LogP contribution in [0.25, 0.3) is 0 Å². The SMILES string of the molecule is COC(=O)C1=C(C(=O)OC)N(c2cc(C(F)(F)F)ccc2OC(C)C)COC1. The van der Waals surface area contributed by atoms with E-state index in [0.717, 1.165) is 37.3 Å². The largest absolute Gasteiger partial charge is 0.489 e. The average Bonchev–Trinajstić information content (AvgIpc) is 2.65. The molecule has 2 rings (SSSR count). The van der Waals surface area contributed by atoms with Crippen molar-refractivity contribution in [3.8, 4) is 5.75 Å². The van der Waals surface area contributed by atoms with Crippen LogP contribution in [0.15, 0.2) is 29.5 Å². The summed E-state index contributed by atoms with van der Waals surface area (Å²) in [6.07, 6.45) is -4.98. The normalized spacial score (nSPS) is 14.9. The Labute approximate surface area is 159 Å². The van der Waals surface area contributed by atoms with Crippen molar-refractivity contribution in [3.63, 3.8) is 0 Å². The number of ether oxygens (including phenoxy) is 4. The highest BCUT2D eigenvalue weighted by molar-refractivity contribution is 6.03. The van der Waals surface area contributed by atoms with Crippen molar-refractivity contribution in [1.82, 2.24) is 0 Å². The molecule has 0 amide bonds. The predicted octanol–water partition coefficient (Wildman–Crippen LogP) is 2.89. The average molecular weight is 403 g/mol. The van der Waals surface area contributed by atoms with Gasteiger partial charge in [0.2, 0.25) is 0 Å². The number of carbonyl (C=O) groups is 2. The molecule has 1 aromatic rings. The molecule has 0 spiro atoms. The van der Waals surface area contributed by atoms with E-state index in [1.807, 2.05) is 0 Å². The number of alkyl halides is 3. The number of benzene rings is 1. The van der Waals surface area contributed by atoms with Gasteiger partial charge >= 0.3 is 18.1 Å². The zero-order valence-electron chi connectivity index (χ0n) is 15.8. The zero-order chi connectivity index (χ0) is 21.1. The fraction of sp³-hybridized carbons (Fsp3) is 0.444. The van der Waals surface area contributed by atoms with E-state index in [1.165, 1.54) is 0 Å². The molecule has 0 aliphatic carbocycles. The summed E-state index contributed by atoms with van der Waals surface area (Å²) in [5.41, 5.74) is -1.49. The molecule has 154 valence electrons. The molecule has 0 N–H and O–H groups in total. The van der Waals surface area contributed by atoms with Gasteiger partial charge in [0, 0.05) is 0 Å². The summed E-state index contributed by atoms with van der Waals surface area (Å²) in [5, 5.41) is 0. The maximum atomic E-state index is 13.2. The van der Waals surface area contributed by atoms with Crippen molar-refractivity contribution in [1.29, 1.82) is 0 Å². The van der Waals surface area contributed by atoms with Crippen LogP contribution >= 0.6 is 0 Å². The van der Waals surface area contributed by atoms with Crippen LogP contribution < -0.4 is 9.64 Å². The minimum absolute atomic E-state index is 0.0825. The van der Waals surface area contributed by atoms with Crippen LogP contribution in [0.1, 0.15) is 19.4 Å². The number of rotatable bonds is 5. The lowest BCUT2D eigenvalue weighted by molar-refractivity contribution is -0.140. The highest BCUT2D eigenvalue weighted by Gasteiger charge is 2.36. The molecular formula is C18H20F3NO6. The predicted molar refractivity (Wildman–Crippen MR) is 91.6 cm³/mol. The van der Waals surface area contributed by atoms with Crippen molar-refractivity contribution in [3.05, 3.63) is 35.0 Å². The Bertz CT molecular complexity index is 788. The molecule has 0 atom stereocenters. The monoisotopic (exact) mass is 403 g/mol. The summed E-state index contributed by atoms with van der Waals surface area (Å²) >= 11 is 0. The lowest BCUT2D eigenvalue weighted by Crippen LogP contribution is -2.39. The first-order chi connectivity index (χ1) is 13.1. The standard InChI is InChI=1S/C18H20F3NO6/c1-10(2)28-14-6-5-11(18(19,20)21)7-13(14)22-9-27-8-12(16(23)25-3)15(22)17(24)26-4/h5-7,10H,8-9H2,1-4H3. The first-order valence-corrected chi connectivity index (χ1v) is 8.23. The first-order valence-electron chi connectivity index (χ1n) is 8.23. The topological polar surface area (TPSA) is 74.3 Å². The number of hydrogen-bond acceptors (Lipinski definition) is 7. The zero-order valence-corrected chi connectivity index (χ0v) is 15.8. The Hall–Kier alpha value is -2.75. The van der Waals surface area contributed by atoms with Gasteiger partial charge in [-0.05, 0) is 32.0 Å². The quantitative estimate of drug-likeness (QED) is 0.700. The Morgan fingerprint density at radius 3 is 2.32 bits per heavy atom. The molecule has 0 aromatic heterocycles. The summed E-state index contributed by atoms with van der Waals surface area (Å²) in [6.45, 7) is 2.85. The van der Waals surface area contributed by atoms with Crippen LogP contribution in [0.4, 0.5) is 18.9 Å². The molecule has 28 heavy (non-hydrogen) atoms. The number of carbonyl (C=O) groups excluding carboxylic acids is 2. The van der Waals surface area contributed by atoms with Crippen molar-refractivity contribution >= 4 is 17.6 Å². The molecule has 0 radical (unpaired) electrons. The number of hydrogen-bond donors (Lipinski definition) is 0. The van der Waals surface area contributed by atoms with Gasteiger partial charge in [0.25, 0.3) is 0 Å². The molecule has 1 heterocycles. The van der Waals surface area contributed by atoms with Gasteiger partial charge in [-0.3, -0.25) is 0 Å². The van der Waals surface area contributed by atoms with E-state index in [0.29, 0.717) is 0 Å². The van der Waals surface area contributed by atoms with Gasteiger partial charge in [-0.15, -0.1) is 0 Å². The number of nitrogens with zero attached hydrogens (tertiary/aromatic N) is 1. The lowest BCUT2D eigenvalue weighted by atomic mass is 10.1. The van der Waals surface area contributed by atoms with Crippen molar-refractivity contribution < 1.29 is 41.7 Å². The van der Waals surface area contributed by atoms with Crippen molar-refractivity contribution in [2.45, 2.75) is 26.1 Å². The number of anilines is 1. The highest BCUT2D eigenvalue weighted by Crippen LogP contribution is 2.39. The summed E-state index contributed by atoms with van der Waals surface area (Å²) in [6, 6.07) is 2.85. The number of methoxy groups -OCH3 is 2. The Balaban J connectivity index is 2.70. The van der Waals surface area contributed by atoms with E-state index in [2.05, 4.69) is 4.74 Å². The van der Waals surface area contributed by atoms with Gasteiger partial charge in [0.15, 0.2) is 0 Å². The van der Waals surface area contributed by atoms with Crippen molar-refractivity contribution in [2.75, 3.05) is 32.5 Å². The second-order valence-corrected chi connectivity index (χ2v) is 6.06. The van der Waals surface area contributed by atoms with Crippen LogP contribution in [-0.4, -0.2) is 45.6 Å². The fourth-order valence-corrected chi connectivity index (χ4v) is 2.59. The molecule has 7 nitrogen and oxygen atoms in total. The first kappa shape index (κ1) is 21.5. The fourth-order valence-electron chi connectivity index (χ4n) is 2.59. The minimum atomic E-state index is -4.62. The maximum Gasteiger partial charge on any atom is 0.416 e. The Kier molecular flexibility index (Phi) is 6.55. The van der Waals surface area contributed by atoms with Gasteiger partial charge in [-0.25, -0.2) is 9.59 Å². The van der Waals surface area contributed by atoms with E-state index in [9.17, 15) is 22.8 Å². The highest BCUT2D eigenvalue weighted by atomic mass is 19.4. The third-order valence-electron chi connectivity index (χ3n) is 3.77. The number of halogens is 3. The summed E-state index contributed by atoms with van der Waals surface area (Å²) in [5.74, 6) is -1.70. The van der Waals surface area contributed by atoms with Gasteiger partial charge in [-0.2, -0.15) is 13.2 Å². The Morgan fingerprint density at radius 1 is 1.14 bits per heavy atom.